The Bertz CT molecular complexity index is 312. The van der Waals surface area contributed by atoms with Gasteiger partial charge in [-0.05, 0) is 12.3 Å². The molecule has 0 bridgehead atoms. The number of nitrogens with zero attached hydrogens (tertiary/aromatic N) is 3. The van der Waals surface area contributed by atoms with Crippen molar-refractivity contribution in [2.75, 3.05) is 24.5 Å². The number of hydrogen-bond acceptors (Lipinski definition) is 4. The topological polar surface area (TPSA) is 41.1 Å². The van der Waals surface area contributed by atoms with E-state index in [0.29, 0.717) is 6.04 Å². The molecule has 88 valence electrons. The van der Waals surface area contributed by atoms with Gasteiger partial charge in [-0.2, -0.15) is 0 Å². The van der Waals surface area contributed by atoms with Crippen molar-refractivity contribution in [3.05, 3.63) is 18.7 Å². The van der Waals surface area contributed by atoms with Gasteiger partial charge in [-0.3, -0.25) is 0 Å². The molecule has 1 aromatic heterocycles. The van der Waals surface area contributed by atoms with Gasteiger partial charge in [-0.15, -0.1) is 0 Å². The van der Waals surface area contributed by atoms with Crippen LogP contribution < -0.4 is 10.2 Å². The molecule has 1 saturated heterocycles. The highest BCUT2D eigenvalue weighted by Crippen LogP contribution is 2.15. The fourth-order valence-electron chi connectivity index (χ4n) is 2.24. The summed E-state index contributed by atoms with van der Waals surface area (Å²) < 4.78 is 0. The summed E-state index contributed by atoms with van der Waals surface area (Å²) in [5.74, 6) is 0.740. The number of hydrogen-bond donors (Lipinski definition) is 1. The van der Waals surface area contributed by atoms with E-state index < -0.39 is 0 Å². The summed E-state index contributed by atoms with van der Waals surface area (Å²) in [6.07, 6.45) is 6.59. The van der Waals surface area contributed by atoms with Crippen molar-refractivity contribution in [3.63, 3.8) is 0 Å². The summed E-state index contributed by atoms with van der Waals surface area (Å²) in [6.45, 7) is 7.69. The molecule has 1 unspecified atom stereocenters. The van der Waals surface area contributed by atoms with Crippen molar-refractivity contribution in [2.24, 2.45) is 5.92 Å². The third-order valence-corrected chi connectivity index (χ3v) is 2.92. The van der Waals surface area contributed by atoms with E-state index in [1.54, 1.807) is 6.33 Å². The number of anilines is 1. The maximum Gasteiger partial charge on any atom is 0.115 e. The van der Waals surface area contributed by atoms with Crippen LogP contribution in [0.5, 0.6) is 0 Å². The molecule has 0 radical (unpaired) electrons. The Kier molecular flexibility index (Phi) is 3.72. The Hall–Kier alpha value is -1.16. The third kappa shape index (κ3) is 2.92. The first kappa shape index (κ1) is 11.3. The van der Waals surface area contributed by atoms with Crippen molar-refractivity contribution in [1.29, 1.82) is 0 Å². The first-order chi connectivity index (χ1) is 7.75. The molecule has 2 rings (SSSR count). The molecule has 1 atom stereocenters. The van der Waals surface area contributed by atoms with Crippen LogP contribution in [0.4, 0.5) is 5.69 Å². The molecule has 16 heavy (non-hydrogen) atoms. The van der Waals surface area contributed by atoms with E-state index in [4.69, 9.17) is 0 Å². The number of aromatic nitrogens is 2. The van der Waals surface area contributed by atoms with E-state index in [1.165, 1.54) is 6.42 Å². The second-order valence-corrected chi connectivity index (χ2v) is 4.82. The van der Waals surface area contributed by atoms with Crippen LogP contribution in [0, 0.1) is 5.92 Å². The van der Waals surface area contributed by atoms with Crippen LogP contribution in [0.25, 0.3) is 0 Å². The average Bonchev–Trinajstić information content (AvgIpc) is 2.30. The van der Waals surface area contributed by atoms with E-state index in [2.05, 4.69) is 34.0 Å². The highest BCUT2D eigenvalue weighted by atomic mass is 15.2. The molecule has 4 nitrogen and oxygen atoms in total. The lowest BCUT2D eigenvalue weighted by atomic mass is 10.0. The van der Waals surface area contributed by atoms with Crippen molar-refractivity contribution < 1.29 is 0 Å². The van der Waals surface area contributed by atoms with Gasteiger partial charge in [-0.1, -0.05) is 13.8 Å². The zero-order valence-corrected chi connectivity index (χ0v) is 10.1. The Morgan fingerprint density at radius 2 is 2.19 bits per heavy atom. The van der Waals surface area contributed by atoms with Crippen LogP contribution >= 0.6 is 0 Å². The largest absolute Gasteiger partial charge is 0.366 e. The second kappa shape index (κ2) is 5.25. The standard InChI is InChI=1S/C12H20N4/c1-10(2)5-11-8-16(4-3-15-11)12-6-13-9-14-7-12/h6-7,9-11,15H,3-5,8H2,1-2H3. The maximum atomic E-state index is 4.07. The summed E-state index contributed by atoms with van der Waals surface area (Å²) in [5.41, 5.74) is 1.14. The third-order valence-electron chi connectivity index (χ3n) is 2.92. The van der Waals surface area contributed by atoms with E-state index in [9.17, 15) is 0 Å². The fourth-order valence-corrected chi connectivity index (χ4v) is 2.24. The van der Waals surface area contributed by atoms with Crippen molar-refractivity contribution in [1.82, 2.24) is 15.3 Å². The average molecular weight is 220 g/mol. The number of piperazine rings is 1. The summed E-state index contributed by atoms with van der Waals surface area (Å²) in [7, 11) is 0. The van der Waals surface area contributed by atoms with Crippen LogP contribution in [0.15, 0.2) is 18.7 Å². The Morgan fingerprint density at radius 1 is 1.44 bits per heavy atom. The molecule has 1 fully saturated rings. The first-order valence-electron chi connectivity index (χ1n) is 5.99. The lowest BCUT2D eigenvalue weighted by Crippen LogP contribution is -2.51. The Morgan fingerprint density at radius 3 is 2.88 bits per heavy atom. The Labute approximate surface area is 97.1 Å². The molecule has 0 amide bonds. The van der Waals surface area contributed by atoms with Gasteiger partial charge >= 0.3 is 0 Å². The van der Waals surface area contributed by atoms with Gasteiger partial charge in [0.1, 0.15) is 6.33 Å². The molecule has 0 aromatic carbocycles. The van der Waals surface area contributed by atoms with Crippen LogP contribution in [-0.2, 0) is 0 Å². The van der Waals surface area contributed by atoms with E-state index in [1.807, 2.05) is 12.4 Å². The smallest absolute Gasteiger partial charge is 0.115 e. The highest BCUT2D eigenvalue weighted by Gasteiger charge is 2.20. The molecule has 1 aliphatic heterocycles. The second-order valence-electron chi connectivity index (χ2n) is 4.82. The number of nitrogens with one attached hydrogen (secondary N) is 1. The fraction of sp³-hybridized carbons (Fsp3) is 0.667. The van der Waals surface area contributed by atoms with Crippen LogP contribution in [0.2, 0.25) is 0 Å². The zero-order valence-electron chi connectivity index (χ0n) is 10.1. The lowest BCUT2D eigenvalue weighted by molar-refractivity contribution is 0.388. The van der Waals surface area contributed by atoms with Gasteiger partial charge in [0.05, 0.1) is 18.1 Å². The predicted octanol–water partition coefficient (Wildman–Crippen LogP) is 1.30. The normalized spacial score (nSPS) is 21.4. The highest BCUT2D eigenvalue weighted by molar-refractivity contribution is 5.42. The van der Waals surface area contributed by atoms with Crippen LogP contribution in [0.3, 0.4) is 0 Å². The summed E-state index contributed by atoms with van der Waals surface area (Å²) >= 11 is 0. The summed E-state index contributed by atoms with van der Waals surface area (Å²) in [5, 5.41) is 3.57. The molecule has 0 spiro atoms. The van der Waals surface area contributed by atoms with Gasteiger partial charge in [-0.25, -0.2) is 9.97 Å². The van der Waals surface area contributed by atoms with Crippen molar-refractivity contribution in [2.45, 2.75) is 26.3 Å². The quantitative estimate of drug-likeness (QED) is 0.833. The van der Waals surface area contributed by atoms with Gasteiger partial charge in [0.25, 0.3) is 0 Å². The van der Waals surface area contributed by atoms with Crippen molar-refractivity contribution >= 4 is 5.69 Å². The van der Waals surface area contributed by atoms with Crippen LogP contribution in [-0.4, -0.2) is 35.6 Å². The SMILES string of the molecule is CC(C)CC1CN(c2cncnc2)CCN1. The monoisotopic (exact) mass is 220 g/mol. The molecule has 1 aromatic rings. The Balaban J connectivity index is 1.97. The molecule has 0 aliphatic carbocycles. The maximum absolute atomic E-state index is 4.07. The number of rotatable bonds is 3. The molecule has 1 N–H and O–H groups in total. The molecular weight excluding hydrogens is 200 g/mol. The minimum Gasteiger partial charge on any atom is -0.366 e. The molecule has 2 heterocycles. The summed E-state index contributed by atoms with van der Waals surface area (Å²) in [4.78, 5) is 10.5. The van der Waals surface area contributed by atoms with Gasteiger partial charge in [0.2, 0.25) is 0 Å². The lowest BCUT2D eigenvalue weighted by Gasteiger charge is -2.35. The minimum atomic E-state index is 0.592. The van der Waals surface area contributed by atoms with E-state index in [0.717, 1.165) is 31.2 Å². The first-order valence-corrected chi connectivity index (χ1v) is 5.99. The molecule has 0 saturated carbocycles. The van der Waals surface area contributed by atoms with Gasteiger partial charge in [0, 0.05) is 25.7 Å². The zero-order chi connectivity index (χ0) is 11.4. The minimum absolute atomic E-state index is 0.592. The van der Waals surface area contributed by atoms with Gasteiger partial charge in [0.15, 0.2) is 0 Å². The molecule has 4 heteroatoms. The van der Waals surface area contributed by atoms with Gasteiger partial charge < -0.3 is 10.2 Å². The van der Waals surface area contributed by atoms with E-state index >= 15 is 0 Å². The van der Waals surface area contributed by atoms with Crippen LogP contribution in [0.1, 0.15) is 20.3 Å². The predicted molar refractivity (Wildman–Crippen MR) is 65.5 cm³/mol. The molecular formula is C12H20N4. The van der Waals surface area contributed by atoms with E-state index in [-0.39, 0.29) is 0 Å². The molecule has 1 aliphatic rings. The van der Waals surface area contributed by atoms with Crippen molar-refractivity contribution in [3.8, 4) is 0 Å². The summed E-state index contributed by atoms with van der Waals surface area (Å²) in [6, 6.07) is 0.592.